The molecular formula is C17H34N2O2. The number of hydrogen-bond donors (Lipinski definition) is 0. The zero-order chi connectivity index (χ0) is 15.2. The molecule has 0 aliphatic carbocycles. The van der Waals surface area contributed by atoms with E-state index in [4.69, 9.17) is 9.47 Å². The first-order valence-corrected chi connectivity index (χ1v) is 8.69. The molecule has 4 heteroatoms. The van der Waals surface area contributed by atoms with E-state index in [-0.39, 0.29) is 0 Å². The molecule has 2 fully saturated rings. The van der Waals surface area contributed by atoms with Crippen LogP contribution >= 0.6 is 0 Å². The Morgan fingerprint density at radius 1 is 1.10 bits per heavy atom. The number of likely N-dealkylation sites (tertiary alicyclic amines) is 2. The van der Waals surface area contributed by atoms with Crippen LogP contribution in [0.15, 0.2) is 0 Å². The van der Waals surface area contributed by atoms with Crippen molar-refractivity contribution in [3.8, 4) is 0 Å². The van der Waals surface area contributed by atoms with Crippen molar-refractivity contribution in [2.24, 2.45) is 11.8 Å². The van der Waals surface area contributed by atoms with Crippen LogP contribution in [0.2, 0.25) is 0 Å². The second kappa shape index (κ2) is 8.47. The standard InChI is InChI=1S/C17H34N2O2/c1-5-19-10-7-15(17(13-19)20-4)8-11-21-16-12-18(3)9-6-14(16)2/h14-17H,5-13H2,1-4H3/t14?,15-,16-,17-/m0/s1. The highest BCUT2D eigenvalue weighted by molar-refractivity contribution is 4.81. The van der Waals surface area contributed by atoms with Crippen molar-refractivity contribution in [1.82, 2.24) is 9.80 Å². The summed E-state index contributed by atoms with van der Waals surface area (Å²) in [5, 5.41) is 0. The molecule has 0 aromatic carbocycles. The predicted molar refractivity (Wildman–Crippen MR) is 86.7 cm³/mol. The van der Waals surface area contributed by atoms with E-state index < -0.39 is 0 Å². The molecule has 0 spiro atoms. The van der Waals surface area contributed by atoms with E-state index in [2.05, 4.69) is 30.7 Å². The Bertz CT molecular complexity index is 301. The van der Waals surface area contributed by atoms with Gasteiger partial charge in [0.1, 0.15) is 0 Å². The highest BCUT2D eigenvalue weighted by Crippen LogP contribution is 2.25. The van der Waals surface area contributed by atoms with E-state index in [1.54, 1.807) is 0 Å². The maximum Gasteiger partial charge on any atom is 0.0727 e. The number of hydrogen-bond acceptors (Lipinski definition) is 4. The number of nitrogens with zero attached hydrogens (tertiary/aromatic N) is 2. The summed E-state index contributed by atoms with van der Waals surface area (Å²) < 4.78 is 11.9. The monoisotopic (exact) mass is 298 g/mol. The minimum atomic E-state index is 0.383. The molecule has 0 radical (unpaired) electrons. The Hall–Kier alpha value is -0.160. The molecule has 4 atom stereocenters. The molecule has 0 aromatic heterocycles. The van der Waals surface area contributed by atoms with Gasteiger partial charge in [0.15, 0.2) is 0 Å². The van der Waals surface area contributed by atoms with Gasteiger partial charge >= 0.3 is 0 Å². The average Bonchev–Trinajstić information content (AvgIpc) is 2.50. The molecule has 2 aliphatic rings. The summed E-state index contributed by atoms with van der Waals surface area (Å²) in [6, 6.07) is 0. The molecule has 124 valence electrons. The number of piperidine rings is 2. The van der Waals surface area contributed by atoms with Crippen LogP contribution in [-0.2, 0) is 9.47 Å². The SMILES string of the molecule is CCN1CC[C@@H](CCO[C@H]2CN(C)CCC2C)[C@@H](OC)C1. The molecule has 2 rings (SSSR count). The molecule has 0 amide bonds. The zero-order valence-electron chi connectivity index (χ0n) is 14.4. The van der Waals surface area contributed by atoms with E-state index in [1.165, 1.54) is 25.9 Å². The van der Waals surface area contributed by atoms with Gasteiger partial charge in [0.25, 0.3) is 0 Å². The fourth-order valence-corrected chi connectivity index (χ4v) is 3.69. The maximum absolute atomic E-state index is 6.20. The topological polar surface area (TPSA) is 24.9 Å². The summed E-state index contributed by atoms with van der Waals surface area (Å²) in [6.45, 7) is 11.2. The van der Waals surface area contributed by atoms with E-state index in [1.807, 2.05) is 7.11 Å². The van der Waals surface area contributed by atoms with Crippen molar-refractivity contribution in [1.29, 1.82) is 0 Å². The molecule has 0 bridgehead atoms. The lowest BCUT2D eigenvalue weighted by molar-refractivity contribution is -0.0529. The van der Waals surface area contributed by atoms with Crippen LogP contribution in [0.4, 0.5) is 0 Å². The van der Waals surface area contributed by atoms with Gasteiger partial charge in [-0.1, -0.05) is 13.8 Å². The first-order valence-electron chi connectivity index (χ1n) is 8.69. The second-order valence-corrected chi connectivity index (χ2v) is 6.94. The van der Waals surface area contributed by atoms with Crippen molar-refractivity contribution in [2.45, 2.75) is 45.3 Å². The molecule has 0 aromatic rings. The Morgan fingerprint density at radius 3 is 2.62 bits per heavy atom. The van der Waals surface area contributed by atoms with Crippen LogP contribution < -0.4 is 0 Å². The maximum atomic E-state index is 6.20. The summed E-state index contributed by atoms with van der Waals surface area (Å²) in [7, 11) is 4.06. The Balaban J connectivity index is 1.72. The quantitative estimate of drug-likeness (QED) is 0.750. The Labute approximate surface area is 130 Å². The first kappa shape index (κ1) is 17.2. The van der Waals surface area contributed by atoms with Gasteiger partial charge in [-0.25, -0.2) is 0 Å². The largest absolute Gasteiger partial charge is 0.380 e. The van der Waals surface area contributed by atoms with Crippen LogP contribution in [0, 0.1) is 11.8 Å². The molecule has 2 heterocycles. The average molecular weight is 298 g/mol. The van der Waals surface area contributed by atoms with Gasteiger partial charge < -0.3 is 19.3 Å². The fraction of sp³-hybridized carbons (Fsp3) is 1.00. The van der Waals surface area contributed by atoms with E-state index >= 15 is 0 Å². The lowest BCUT2D eigenvalue weighted by Crippen LogP contribution is -2.45. The van der Waals surface area contributed by atoms with Crippen molar-refractivity contribution in [2.75, 3.05) is 53.5 Å². The molecule has 0 saturated carbocycles. The van der Waals surface area contributed by atoms with Crippen LogP contribution in [0.1, 0.15) is 33.1 Å². The number of ether oxygens (including phenoxy) is 2. The van der Waals surface area contributed by atoms with Gasteiger partial charge in [-0.05, 0) is 57.8 Å². The van der Waals surface area contributed by atoms with Crippen LogP contribution in [-0.4, -0.2) is 75.5 Å². The summed E-state index contributed by atoms with van der Waals surface area (Å²) in [5.74, 6) is 1.36. The second-order valence-electron chi connectivity index (χ2n) is 6.94. The lowest BCUT2D eigenvalue weighted by atomic mass is 9.90. The molecule has 0 N–H and O–H groups in total. The highest BCUT2D eigenvalue weighted by Gasteiger charge is 2.29. The van der Waals surface area contributed by atoms with Gasteiger partial charge in [-0.3, -0.25) is 0 Å². The molecule has 2 aliphatic heterocycles. The Kier molecular flexibility index (Phi) is 6.93. The normalized spacial score (nSPS) is 36.0. The third kappa shape index (κ3) is 4.92. The highest BCUT2D eigenvalue weighted by atomic mass is 16.5. The molecule has 4 nitrogen and oxygen atoms in total. The number of rotatable bonds is 6. The molecular weight excluding hydrogens is 264 g/mol. The van der Waals surface area contributed by atoms with Crippen molar-refractivity contribution < 1.29 is 9.47 Å². The van der Waals surface area contributed by atoms with E-state index in [0.717, 1.165) is 32.7 Å². The smallest absolute Gasteiger partial charge is 0.0727 e. The lowest BCUT2D eigenvalue weighted by Gasteiger charge is -2.38. The van der Waals surface area contributed by atoms with E-state index in [0.29, 0.717) is 24.0 Å². The predicted octanol–water partition coefficient (Wildman–Crippen LogP) is 2.09. The number of likely N-dealkylation sites (N-methyl/N-ethyl adjacent to an activating group) is 2. The Morgan fingerprint density at radius 2 is 1.90 bits per heavy atom. The summed E-state index contributed by atoms with van der Waals surface area (Å²) in [6.07, 6.45) is 4.45. The fourth-order valence-electron chi connectivity index (χ4n) is 3.69. The molecule has 1 unspecified atom stereocenters. The van der Waals surface area contributed by atoms with Crippen molar-refractivity contribution in [3.63, 3.8) is 0 Å². The van der Waals surface area contributed by atoms with Crippen LogP contribution in [0.3, 0.4) is 0 Å². The molecule has 21 heavy (non-hydrogen) atoms. The van der Waals surface area contributed by atoms with Gasteiger partial charge in [-0.15, -0.1) is 0 Å². The van der Waals surface area contributed by atoms with Gasteiger partial charge in [0.2, 0.25) is 0 Å². The minimum Gasteiger partial charge on any atom is -0.380 e. The van der Waals surface area contributed by atoms with Crippen LogP contribution in [0.5, 0.6) is 0 Å². The van der Waals surface area contributed by atoms with Crippen LogP contribution in [0.25, 0.3) is 0 Å². The third-order valence-electron chi connectivity index (χ3n) is 5.44. The summed E-state index contributed by atoms with van der Waals surface area (Å²) in [4.78, 5) is 4.88. The summed E-state index contributed by atoms with van der Waals surface area (Å²) >= 11 is 0. The van der Waals surface area contributed by atoms with Crippen molar-refractivity contribution >= 4 is 0 Å². The first-order chi connectivity index (χ1) is 10.1. The molecule has 2 saturated heterocycles. The van der Waals surface area contributed by atoms with Crippen molar-refractivity contribution in [3.05, 3.63) is 0 Å². The zero-order valence-corrected chi connectivity index (χ0v) is 14.4. The number of methoxy groups -OCH3 is 1. The van der Waals surface area contributed by atoms with Gasteiger partial charge in [0, 0.05) is 26.8 Å². The van der Waals surface area contributed by atoms with Gasteiger partial charge in [0.05, 0.1) is 12.2 Å². The van der Waals surface area contributed by atoms with E-state index in [9.17, 15) is 0 Å². The third-order valence-corrected chi connectivity index (χ3v) is 5.44. The van der Waals surface area contributed by atoms with Gasteiger partial charge in [-0.2, -0.15) is 0 Å². The summed E-state index contributed by atoms with van der Waals surface area (Å²) in [5.41, 5.74) is 0. The minimum absolute atomic E-state index is 0.383.